The third-order valence-electron chi connectivity index (χ3n) is 2.74. The molecule has 0 saturated carbocycles. The number of benzene rings is 1. The Hall–Kier alpha value is -1.68. The molecule has 0 bridgehead atoms. The summed E-state index contributed by atoms with van der Waals surface area (Å²) in [5.74, 6) is -0.361. The Labute approximate surface area is 101 Å². The Balaban J connectivity index is 2.95. The normalized spacial score (nSPS) is 13.8. The van der Waals surface area contributed by atoms with Crippen LogP contribution >= 0.6 is 0 Å². The number of rotatable bonds is 5. The zero-order valence-corrected chi connectivity index (χ0v) is 10.1. The van der Waals surface area contributed by atoms with Gasteiger partial charge in [-0.25, -0.2) is 4.79 Å². The fourth-order valence-corrected chi connectivity index (χ4v) is 1.44. The molecule has 0 radical (unpaired) electrons. The van der Waals surface area contributed by atoms with Crippen LogP contribution in [0.3, 0.4) is 0 Å². The Kier molecular flexibility index (Phi) is 4.40. The minimum Gasteiger partial charge on any atom is -0.462 e. The van der Waals surface area contributed by atoms with Crippen LogP contribution in [0.1, 0.15) is 29.8 Å². The third-order valence-corrected chi connectivity index (χ3v) is 2.74. The van der Waals surface area contributed by atoms with Gasteiger partial charge in [0.1, 0.15) is 6.29 Å². The van der Waals surface area contributed by atoms with Crippen molar-refractivity contribution in [3.63, 3.8) is 0 Å². The van der Waals surface area contributed by atoms with Gasteiger partial charge in [0.15, 0.2) is 0 Å². The Morgan fingerprint density at radius 1 is 1.41 bits per heavy atom. The monoisotopic (exact) mass is 235 g/mol. The van der Waals surface area contributed by atoms with Crippen LogP contribution in [0.15, 0.2) is 24.3 Å². The van der Waals surface area contributed by atoms with E-state index in [1.54, 1.807) is 38.1 Å². The molecule has 1 aromatic rings. The first kappa shape index (κ1) is 13.4. The van der Waals surface area contributed by atoms with Crippen LogP contribution in [0.5, 0.6) is 0 Å². The highest BCUT2D eigenvalue weighted by atomic mass is 16.5. The predicted octanol–water partition coefficient (Wildman–Crippen LogP) is 1.28. The second kappa shape index (κ2) is 5.59. The molecule has 92 valence electrons. The zero-order chi connectivity index (χ0) is 12.9. The number of carbonyl (C=O) groups is 2. The molecule has 0 spiro atoms. The highest BCUT2D eigenvalue weighted by Gasteiger charge is 2.24. The summed E-state index contributed by atoms with van der Waals surface area (Å²) in [7, 11) is 0. The van der Waals surface area contributed by atoms with E-state index in [2.05, 4.69) is 0 Å². The number of nitrogens with two attached hydrogens (primary N) is 1. The second-order valence-corrected chi connectivity index (χ2v) is 4.04. The van der Waals surface area contributed by atoms with Gasteiger partial charge >= 0.3 is 5.97 Å². The van der Waals surface area contributed by atoms with E-state index in [0.717, 1.165) is 11.8 Å². The van der Waals surface area contributed by atoms with Crippen molar-refractivity contribution in [3.05, 3.63) is 35.4 Å². The average molecular weight is 235 g/mol. The number of hydrogen-bond donors (Lipinski definition) is 1. The number of hydrogen-bond acceptors (Lipinski definition) is 4. The van der Waals surface area contributed by atoms with Crippen LogP contribution in [-0.4, -0.2) is 25.4 Å². The second-order valence-electron chi connectivity index (χ2n) is 4.04. The van der Waals surface area contributed by atoms with E-state index in [4.69, 9.17) is 10.5 Å². The summed E-state index contributed by atoms with van der Waals surface area (Å²) in [5.41, 5.74) is 6.14. The van der Waals surface area contributed by atoms with Crippen molar-refractivity contribution in [1.29, 1.82) is 0 Å². The van der Waals surface area contributed by atoms with E-state index in [0.29, 0.717) is 12.2 Å². The molecule has 0 amide bonds. The molecule has 4 nitrogen and oxygen atoms in total. The van der Waals surface area contributed by atoms with Crippen molar-refractivity contribution in [2.24, 2.45) is 5.73 Å². The lowest BCUT2D eigenvalue weighted by molar-refractivity contribution is -0.111. The van der Waals surface area contributed by atoms with Crippen molar-refractivity contribution in [1.82, 2.24) is 0 Å². The summed E-state index contributed by atoms with van der Waals surface area (Å²) < 4.78 is 4.87. The number of carbonyl (C=O) groups excluding carboxylic acids is 2. The molecular weight excluding hydrogens is 218 g/mol. The largest absolute Gasteiger partial charge is 0.462 e. The summed E-state index contributed by atoms with van der Waals surface area (Å²) >= 11 is 0. The average Bonchev–Trinajstić information content (AvgIpc) is 2.38. The van der Waals surface area contributed by atoms with E-state index in [9.17, 15) is 9.59 Å². The van der Waals surface area contributed by atoms with Gasteiger partial charge in [-0.15, -0.1) is 0 Å². The summed E-state index contributed by atoms with van der Waals surface area (Å²) in [5, 5.41) is 0. The fourth-order valence-electron chi connectivity index (χ4n) is 1.44. The molecule has 0 heterocycles. The van der Waals surface area contributed by atoms with Gasteiger partial charge in [0.05, 0.1) is 17.6 Å². The van der Waals surface area contributed by atoms with Gasteiger partial charge in [0.25, 0.3) is 0 Å². The van der Waals surface area contributed by atoms with Crippen LogP contribution < -0.4 is 5.73 Å². The Bertz CT molecular complexity index is 400. The molecule has 1 unspecified atom stereocenters. The van der Waals surface area contributed by atoms with E-state index in [1.165, 1.54) is 0 Å². The predicted molar refractivity (Wildman–Crippen MR) is 64.9 cm³/mol. The maximum absolute atomic E-state index is 11.4. The maximum Gasteiger partial charge on any atom is 0.338 e. The van der Waals surface area contributed by atoms with Gasteiger partial charge in [0.2, 0.25) is 0 Å². The summed E-state index contributed by atoms with van der Waals surface area (Å²) in [4.78, 5) is 22.4. The minimum absolute atomic E-state index is 0.231. The van der Waals surface area contributed by atoms with Crippen molar-refractivity contribution in [2.75, 3.05) is 13.2 Å². The SMILES string of the molecule is CCOC(=O)c1ccc(C(C)(C=O)CN)cc1. The Morgan fingerprint density at radius 3 is 2.41 bits per heavy atom. The van der Waals surface area contributed by atoms with E-state index >= 15 is 0 Å². The standard InChI is InChI=1S/C13H17NO3/c1-3-17-12(16)10-4-6-11(7-5-10)13(2,8-14)9-15/h4-7,9H,3,8,14H2,1-2H3. The van der Waals surface area contributed by atoms with Crippen LogP contribution in [0, 0.1) is 0 Å². The van der Waals surface area contributed by atoms with Gasteiger partial charge in [-0.3, -0.25) is 0 Å². The van der Waals surface area contributed by atoms with Crippen LogP contribution in [0.2, 0.25) is 0 Å². The van der Waals surface area contributed by atoms with Crippen molar-refractivity contribution in [2.45, 2.75) is 19.3 Å². The Morgan fingerprint density at radius 2 is 2.00 bits per heavy atom. The van der Waals surface area contributed by atoms with Crippen molar-refractivity contribution < 1.29 is 14.3 Å². The molecule has 0 aliphatic heterocycles. The topological polar surface area (TPSA) is 69.4 Å². The first-order valence-corrected chi connectivity index (χ1v) is 5.51. The van der Waals surface area contributed by atoms with Crippen molar-refractivity contribution >= 4 is 12.3 Å². The molecule has 0 fully saturated rings. The number of aldehydes is 1. The summed E-state index contributed by atoms with van der Waals surface area (Å²) in [6, 6.07) is 6.75. The molecule has 0 saturated heterocycles. The molecule has 4 heteroatoms. The van der Waals surface area contributed by atoms with Gasteiger partial charge in [-0.2, -0.15) is 0 Å². The first-order valence-electron chi connectivity index (χ1n) is 5.51. The highest BCUT2D eigenvalue weighted by molar-refractivity contribution is 5.89. The molecule has 17 heavy (non-hydrogen) atoms. The van der Waals surface area contributed by atoms with E-state index in [-0.39, 0.29) is 12.5 Å². The smallest absolute Gasteiger partial charge is 0.338 e. The van der Waals surface area contributed by atoms with E-state index in [1.807, 2.05) is 0 Å². The summed E-state index contributed by atoms with van der Waals surface area (Å²) in [6.45, 7) is 4.09. The molecular formula is C13H17NO3. The molecule has 0 aromatic heterocycles. The molecule has 1 aromatic carbocycles. The minimum atomic E-state index is -0.701. The zero-order valence-electron chi connectivity index (χ0n) is 10.1. The van der Waals surface area contributed by atoms with Gasteiger partial charge in [0, 0.05) is 6.54 Å². The molecule has 1 atom stereocenters. The van der Waals surface area contributed by atoms with Gasteiger partial charge in [-0.1, -0.05) is 12.1 Å². The summed E-state index contributed by atoms with van der Waals surface area (Å²) in [6.07, 6.45) is 0.826. The third kappa shape index (κ3) is 2.91. The highest BCUT2D eigenvalue weighted by Crippen LogP contribution is 2.20. The lowest BCUT2D eigenvalue weighted by Crippen LogP contribution is -2.33. The van der Waals surface area contributed by atoms with Crippen LogP contribution in [-0.2, 0) is 14.9 Å². The molecule has 0 aliphatic rings. The first-order chi connectivity index (χ1) is 8.07. The van der Waals surface area contributed by atoms with Gasteiger partial charge in [-0.05, 0) is 31.5 Å². The molecule has 2 N–H and O–H groups in total. The number of esters is 1. The fraction of sp³-hybridized carbons (Fsp3) is 0.385. The van der Waals surface area contributed by atoms with Crippen LogP contribution in [0.4, 0.5) is 0 Å². The van der Waals surface area contributed by atoms with Crippen molar-refractivity contribution in [3.8, 4) is 0 Å². The quantitative estimate of drug-likeness (QED) is 0.616. The lowest BCUT2D eigenvalue weighted by Gasteiger charge is -2.21. The molecule has 0 aliphatic carbocycles. The van der Waals surface area contributed by atoms with E-state index < -0.39 is 5.41 Å². The maximum atomic E-state index is 11.4. The number of ether oxygens (including phenoxy) is 1. The van der Waals surface area contributed by atoms with Crippen LogP contribution in [0.25, 0.3) is 0 Å². The molecule has 1 rings (SSSR count). The lowest BCUT2D eigenvalue weighted by atomic mass is 9.84. The van der Waals surface area contributed by atoms with Gasteiger partial charge < -0.3 is 15.3 Å².